The Kier molecular flexibility index (Phi) is 2.59. The zero-order valence-corrected chi connectivity index (χ0v) is 10.8. The maximum absolute atomic E-state index is 5.77. The molecule has 1 aromatic carbocycles. The molecular weight excluding hydrogens is 240 g/mol. The van der Waals surface area contributed by atoms with Gasteiger partial charge >= 0.3 is 0 Å². The molecule has 0 fully saturated rings. The number of nitrogens with zero attached hydrogens (tertiary/aromatic N) is 3. The van der Waals surface area contributed by atoms with Crippen LogP contribution in [0.25, 0.3) is 11.0 Å². The smallest absolute Gasteiger partial charge is 0.221 e. The highest BCUT2D eigenvalue weighted by atomic mass is 16.5. The first kappa shape index (κ1) is 11.5. The summed E-state index contributed by atoms with van der Waals surface area (Å²) in [5.41, 5.74) is 9.24. The largest absolute Gasteiger partial charge is 0.439 e. The van der Waals surface area contributed by atoms with E-state index in [0.29, 0.717) is 5.88 Å². The Morgan fingerprint density at radius 1 is 1.21 bits per heavy atom. The van der Waals surface area contributed by atoms with E-state index in [1.807, 2.05) is 42.8 Å². The molecule has 0 aliphatic rings. The van der Waals surface area contributed by atoms with E-state index in [2.05, 4.69) is 9.97 Å². The molecule has 0 atom stereocenters. The van der Waals surface area contributed by atoms with Gasteiger partial charge in [-0.2, -0.15) is 0 Å². The van der Waals surface area contributed by atoms with Gasteiger partial charge in [-0.3, -0.25) is 0 Å². The van der Waals surface area contributed by atoms with E-state index < -0.39 is 0 Å². The summed E-state index contributed by atoms with van der Waals surface area (Å²) in [6, 6.07) is 7.34. The van der Waals surface area contributed by atoms with E-state index in [9.17, 15) is 0 Å². The average Bonchev–Trinajstić information content (AvgIpc) is 2.74. The lowest BCUT2D eigenvalue weighted by Crippen LogP contribution is -1.93. The number of imidazole rings is 1. The number of hydrogen-bond acceptors (Lipinski definition) is 4. The van der Waals surface area contributed by atoms with Gasteiger partial charge in [0.15, 0.2) is 0 Å². The van der Waals surface area contributed by atoms with Crippen molar-refractivity contribution < 1.29 is 4.74 Å². The van der Waals surface area contributed by atoms with Gasteiger partial charge in [0.05, 0.1) is 23.6 Å². The molecular formula is C14H14N4O. The van der Waals surface area contributed by atoms with Crippen molar-refractivity contribution in [2.24, 2.45) is 7.05 Å². The molecule has 0 unspecified atom stereocenters. The summed E-state index contributed by atoms with van der Waals surface area (Å²) in [4.78, 5) is 8.56. The van der Waals surface area contributed by atoms with Crippen molar-refractivity contribution in [1.29, 1.82) is 0 Å². The third kappa shape index (κ3) is 2.10. The van der Waals surface area contributed by atoms with Gasteiger partial charge in [-0.05, 0) is 30.7 Å². The quantitative estimate of drug-likeness (QED) is 0.714. The molecule has 0 radical (unpaired) electrons. The molecule has 0 saturated carbocycles. The van der Waals surface area contributed by atoms with E-state index in [-0.39, 0.29) is 0 Å². The second kappa shape index (κ2) is 4.28. The molecule has 2 N–H and O–H groups in total. The maximum atomic E-state index is 5.77. The van der Waals surface area contributed by atoms with E-state index in [1.165, 1.54) is 0 Å². The standard InChI is InChI=1S/C14H14N4O/c1-9-5-10(15)3-4-13(9)19-14-6-11-12(7-16-14)18(2)8-17-11/h3-8H,15H2,1-2H3. The zero-order valence-electron chi connectivity index (χ0n) is 10.8. The fourth-order valence-electron chi connectivity index (χ4n) is 1.96. The number of rotatable bonds is 2. The molecule has 2 heterocycles. The second-order valence-corrected chi connectivity index (χ2v) is 4.49. The van der Waals surface area contributed by atoms with Crippen LogP contribution in [0.1, 0.15) is 5.56 Å². The summed E-state index contributed by atoms with van der Waals surface area (Å²) in [7, 11) is 1.93. The highest BCUT2D eigenvalue weighted by molar-refractivity contribution is 5.75. The van der Waals surface area contributed by atoms with Crippen molar-refractivity contribution in [2.45, 2.75) is 6.92 Å². The van der Waals surface area contributed by atoms with E-state index in [0.717, 1.165) is 28.0 Å². The zero-order chi connectivity index (χ0) is 13.4. The van der Waals surface area contributed by atoms with Gasteiger partial charge in [0, 0.05) is 18.8 Å². The minimum absolute atomic E-state index is 0.527. The van der Waals surface area contributed by atoms with Crippen LogP contribution in [0.5, 0.6) is 11.6 Å². The minimum atomic E-state index is 0.527. The summed E-state index contributed by atoms with van der Waals surface area (Å²) in [6.07, 6.45) is 3.51. The first-order chi connectivity index (χ1) is 9.13. The Morgan fingerprint density at radius 2 is 2.05 bits per heavy atom. The molecule has 3 aromatic rings. The summed E-state index contributed by atoms with van der Waals surface area (Å²) < 4.78 is 7.68. The first-order valence-corrected chi connectivity index (χ1v) is 5.94. The fourth-order valence-corrected chi connectivity index (χ4v) is 1.96. The summed E-state index contributed by atoms with van der Waals surface area (Å²) in [6.45, 7) is 1.95. The number of hydrogen-bond donors (Lipinski definition) is 1. The highest BCUT2D eigenvalue weighted by Crippen LogP contribution is 2.26. The molecule has 0 spiro atoms. The fraction of sp³-hybridized carbons (Fsp3) is 0.143. The topological polar surface area (TPSA) is 66.0 Å². The molecule has 2 aromatic heterocycles. The summed E-state index contributed by atoms with van der Waals surface area (Å²) in [5, 5.41) is 0. The Labute approximate surface area is 110 Å². The van der Waals surface area contributed by atoms with Crippen molar-refractivity contribution in [3.63, 3.8) is 0 Å². The third-order valence-corrected chi connectivity index (χ3v) is 3.00. The third-order valence-electron chi connectivity index (χ3n) is 3.00. The number of nitrogen functional groups attached to an aromatic ring is 1. The van der Waals surface area contributed by atoms with Crippen molar-refractivity contribution in [3.05, 3.63) is 42.4 Å². The van der Waals surface area contributed by atoms with Crippen LogP contribution < -0.4 is 10.5 Å². The van der Waals surface area contributed by atoms with Crippen LogP contribution in [0.2, 0.25) is 0 Å². The van der Waals surface area contributed by atoms with Crippen molar-refractivity contribution in [3.8, 4) is 11.6 Å². The summed E-state index contributed by atoms with van der Waals surface area (Å²) >= 11 is 0. The lowest BCUT2D eigenvalue weighted by Gasteiger charge is -2.08. The van der Waals surface area contributed by atoms with Gasteiger partial charge in [-0.25, -0.2) is 9.97 Å². The van der Waals surface area contributed by atoms with Crippen molar-refractivity contribution in [1.82, 2.24) is 14.5 Å². The molecule has 5 heteroatoms. The van der Waals surface area contributed by atoms with Crippen LogP contribution in [0.3, 0.4) is 0 Å². The molecule has 19 heavy (non-hydrogen) atoms. The number of pyridine rings is 1. The normalized spacial score (nSPS) is 10.8. The molecule has 5 nitrogen and oxygen atoms in total. The minimum Gasteiger partial charge on any atom is -0.439 e. The first-order valence-electron chi connectivity index (χ1n) is 5.94. The van der Waals surface area contributed by atoms with E-state index in [4.69, 9.17) is 10.5 Å². The van der Waals surface area contributed by atoms with Crippen LogP contribution in [-0.2, 0) is 7.05 Å². The SMILES string of the molecule is Cc1cc(N)ccc1Oc1cc2ncn(C)c2cn1. The molecule has 0 aliphatic heterocycles. The van der Waals surface area contributed by atoms with Crippen LogP contribution in [0.4, 0.5) is 5.69 Å². The Bertz CT molecular complexity index is 748. The lowest BCUT2D eigenvalue weighted by atomic mass is 10.2. The van der Waals surface area contributed by atoms with Gasteiger partial charge in [0.25, 0.3) is 0 Å². The van der Waals surface area contributed by atoms with Crippen LogP contribution >= 0.6 is 0 Å². The molecule has 96 valence electrons. The number of fused-ring (bicyclic) bond motifs is 1. The highest BCUT2D eigenvalue weighted by Gasteiger charge is 2.06. The Balaban J connectivity index is 1.96. The molecule has 0 amide bonds. The Hall–Kier alpha value is -2.56. The van der Waals surface area contributed by atoms with Crippen LogP contribution in [-0.4, -0.2) is 14.5 Å². The number of benzene rings is 1. The van der Waals surface area contributed by atoms with Gasteiger partial charge < -0.3 is 15.0 Å². The lowest BCUT2D eigenvalue weighted by molar-refractivity contribution is 0.460. The van der Waals surface area contributed by atoms with E-state index in [1.54, 1.807) is 12.5 Å². The predicted molar refractivity (Wildman–Crippen MR) is 74.2 cm³/mol. The number of aryl methyl sites for hydroxylation is 2. The number of anilines is 1. The van der Waals surface area contributed by atoms with Gasteiger partial charge in [0.2, 0.25) is 5.88 Å². The van der Waals surface area contributed by atoms with Crippen LogP contribution in [0.15, 0.2) is 36.8 Å². The number of aromatic nitrogens is 3. The predicted octanol–water partition coefficient (Wildman–Crippen LogP) is 2.65. The average molecular weight is 254 g/mol. The van der Waals surface area contributed by atoms with E-state index >= 15 is 0 Å². The second-order valence-electron chi connectivity index (χ2n) is 4.49. The van der Waals surface area contributed by atoms with Crippen molar-refractivity contribution >= 4 is 16.7 Å². The number of nitrogens with two attached hydrogens (primary N) is 1. The molecule has 0 aliphatic carbocycles. The number of ether oxygens (including phenoxy) is 1. The molecule has 0 saturated heterocycles. The molecule has 0 bridgehead atoms. The maximum Gasteiger partial charge on any atom is 0.221 e. The van der Waals surface area contributed by atoms with Gasteiger partial charge in [-0.15, -0.1) is 0 Å². The van der Waals surface area contributed by atoms with Gasteiger partial charge in [-0.1, -0.05) is 0 Å². The summed E-state index contributed by atoms with van der Waals surface area (Å²) in [5.74, 6) is 1.27. The van der Waals surface area contributed by atoms with Crippen LogP contribution in [0, 0.1) is 6.92 Å². The van der Waals surface area contributed by atoms with Crippen molar-refractivity contribution in [2.75, 3.05) is 5.73 Å². The molecule has 3 rings (SSSR count). The Morgan fingerprint density at radius 3 is 2.84 bits per heavy atom. The van der Waals surface area contributed by atoms with Gasteiger partial charge in [0.1, 0.15) is 5.75 Å². The monoisotopic (exact) mass is 254 g/mol.